The number of unbranched alkanes of at least 4 members (excludes halogenated alkanes) is 4. The molecule has 0 aromatic carbocycles. The summed E-state index contributed by atoms with van der Waals surface area (Å²) in [6.45, 7) is 5.03. The van der Waals surface area contributed by atoms with Gasteiger partial charge in [0.15, 0.2) is 3.77 Å². The molecule has 0 saturated heterocycles. The van der Waals surface area contributed by atoms with Crippen LogP contribution in [0.3, 0.4) is 0 Å². The Labute approximate surface area is 89.7 Å². The molecule has 12 heavy (non-hydrogen) atoms. The van der Waals surface area contributed by atoms with E-state index in [-0.39, 0.29) is 0 Å². The topological polar surface area (TPSA) is 9.23 Å². The minimum Gasteiger partial charge on any atom is -0.488 e. The minimum atomic E-state index is 0.781. The number of halogens is 1. The molecule has 0 aliphatic heterocycles. The van der Waals surface area contributed by atoms with E-state index in [1.54, 1.807) is 0 Å². The van der Waals surface area contributed by atoms with Gasteiger partial charge in [0.2, 0.25) is 0 Å². The molecule has 0 fully saturated rings. The van der Waals surface area contributed by atoms with Crippen LogP contribution >= 0.6 is 22.6 Å². The van der Waals surface area contributed by atoms with Crippen LogP contribution in [0.4, 0.5) is 0 Å². The van der Waals surface area contributed by atoms with E-state index in [0.717, 1.165) is 16.8 Å². The van der Waals surface area contributed by atoms with Crippen LogP contribution in [0.5, 0.6) is 0 Å². The van der Waals surface area contributed by atoms with E-state index in [1.165, 1.54) is 25.7 Å². The zero-order valence-electron chi connectivity index (χ0n) is 8.11. The first-order valence-electron chi connectivity index (χ1n) is 4.79. The van der Waals surface area contributed by atoms with E-state index in [9.17, 15) is 0 Å². The van der Waals surface area contributed by atoms with Crippen LogP contribution in [0, 0.1) is 0 Å². The molecule has 0 unspecified atom stereocenters. The van der Waals surface area contributed by atoms with E-state index in [1.807, 2.05) is 6.92 Å². The van der Waals surface area contributed by atoms with Gasteiger partial charge in [-0.05, 0) is 48.4 Å². The highest BCUT2D eigenvalue weighted by molar-refractivity contribution is 14.1. The van der Waals surface area contributed by atoms with Crippen LogP contribution in [-0.2, 0) is 4.74 Å². The molecule has 0 aliphatic rings. The van der Waals surface area contributed by atoms with Gasteiger partial charge in [-0.25, -0.2) is 0 Å². The Morgan fingerprint density at radius 1 is 1.25 bits per heavy atom. The Balaban J connectivity index is 3.21. The summed E-state index contributed by atoms with van der Waals surface area (Å²) >= 11 is 2.24. The van der Waals surface area contributed by atoms with Gasteiger partial charge in [0, 0.05) is 0 Å². The fourth-order valence-electron chi connectivity index (χ4n) is 0.983. The molecule has 0 aliphatic carbocycles. The summed E-state index contributed by atoms with van der Waals surface area (Å²) in [5.74, 6) is 0. The average molecular weight is 282 g/mol. The molecule has 0 aromatic heterocycles. The summed E-state index contributed by atoms with van der Waals surface area (Å²) in [4.78, 5) is 0. The molecule has 0 heterocycles. The van der Waals surface area contributed by atoms with Crippen molar-refractivity contribution in [3.05, 3.63) is 9.84 Å². The molecule has 0 radical (unpaired) electrons. The maximum Gasteiger partial charge on any atom is 0.152 e. The molecule has 0 rings (SSSR count). The summed E-state index contributed by atoms with van der Waals surface area (Å²) in [7, 11) is 0. The van der Waals surface area contributed by atoms with Crippen LogP contribution in [0.15, 0.2) is 9.84 Å². The van der Waals surface area contributed by atoms with Crippen molar-refractivity contribution in [3.8, 4) is 0 Å². The molecule has 0 aromatic rings. The van der Waals surface area contributed by atoms with Crippen LogP contribution in [0.1, 0.15) is 46.0 Å². The molecule has 0 spiro atoms. The predicted octanol–water partition coefficient (Wildman–Crippen LogP) is 4.27. The van der Waals surface area contributed by atoms with Gasteiger partial charge in [0.25, 0.3) is 0 Å². The van der Waals surface area contributed by atoms with E-state index in [0.29, 0.717) is 0 Å². The number of allylic oxidation sites excluding steroid dienone is 1. The highest BCUT2D eigenvalue weighted by Gasteiger charge is 1.89. The first-order valence-corrected chi connectivity index (χ1v) is 5.87. The Kier molecular flexibility index (Phi) is 9.57. The van der Waals surface area contributed by atoms with Crippen molar-refractivity contribution < 1.29 is 4.74 Å². The number of rotatable bonds is 7. The number of hydrogen-bond donors (Lipinski definition) is 0. The zero-order chi connectivity index (χ0) is 9.23. The van der Waals surface area contributed by atoms with Gasteiger partial charge in [0.1, 0.15) is 0 Å². The largest absolute Gasteiger partial charge is 0.488 e. The third-order valence-corrected chi connectivity index (χ3v) is 2.40. The zero-order valence-corrected chi connectivity index (χ0v) is 10.3. The molecule has 0 amide bonds. The van der Waals surface area contributed by atoms with Crippen LogP contribution in [-0.4, -0.2) is 6.61 Å². The molecule has 2 heteroatoms. The molecule has 0 atom stereocenters. The van der Waals surface area contributed by atoms with Crippen molar-refractivity contribution >= 4 is 22.6 Å². The lowest BCUT2D eigenvalue weighted by Crippen LogP contribution is -1.83. The number of ether oxygens (including phenoxy) is 1. The monoisotopic (exact) mass is 282 g/mol. The first-order chi connectivity index (χ1) is 5.81. The fraction of sp³-hybridized carbons (Fsp3) is 0.800. The van der Waals surface area contributed by atoms with Crippen LogP contribution < -0.4 is 0 Å². The second-order valence-electron chi connectivity index (χ2n) is 2.79. The van der Waals surface area contributed by atoms with E-state index < -0.39 is 0 Å². The van der Waals surface area contributed by atoms with E-state index >= 15 is 0 Å². The maximum absolute atomic E-state index is 5.30. The van der Waals surface area contributed by atoms with Crippen LogP contribution in [0.25, 0.3) is 0 Å². The summed E-state index contributed by atoms with van der Waals surface area (Å²) in [5.41, 5.74) is 0. The number of hydrogen-bond acceptors (Lipinski definition) is 1. The highest BCUT2D eigenvalue weighted by atomic mass is 127. The van der Waals surface area contributed by atoms with Crippen molar-refractivity contribution in [3.63, 3.8) is 0 Å². The standard InChI is InChI=1S/C10H19IO/c1-3-5-6-7-8-9-10(11)12-4-2/h9H,3-8H2,1-2H3/b10-9-. The SMILES string of the molecule is CCCCCC/C=C(/I)OCC. The van der Waals surface area contributed by atoms with Gasteiger partial charge in [-0.15, -0.1) is 0 Å². The Bertz CT molecular complexity index is 121. The van der Waals surface area contributed by atoms with Crippen molar-refractivity contribution in [2.45, 2.75) is 46.0 Å². The van der Waals surface area contributed by atoms with E-state index in [4.69, 9.17) is 4.74 Å². The Morgan fingerprint density at radius 3 is 2.58 bits per heavy atom. The van der Waals surface area contributed by atoms with E-state index in [2.05, 4.69) is 35.6 Å². The normalized spacial score (nSPS) is 11.8. The van der Waals surface area contributed by atoms with Crippen LogP contribution in [0.2, 0.25) is 0 Å². The minimum absolute atomic E-state index is 0.781. The highest BCUT2D eigenvalue weighted by Crippen LogP contribution is 2.11. The van der Waals surface area contributed by atoms with Gasteiger partial charge < -0.3 is 4.74 Å². The molecule has 72 valence electrons. The van der Waals surface area contributed by atoms with Crippen molar-refractivity contribution in [2.24, 2.45) is 0 Å². The quantitative estimate of drug-likeness (QED) is 0.385. The first kappa shape index (κ1) is 12.3. The summed E-state index contributed by atoms with van der Waals surface area (Å²) in [5, 5.41) is 0. The molecular weight excluding hydrogens is 263 g/mol. The maximum atomic E-state index is 5.30. The lowest BCUT2D eigenvalue weighted by atomic mass is 10.1. The van der Waals surface area contributed by atoms with Gasteiger partial charge in [-0.1, -0.05) is 26.2 Å². The second kappa shape index (κ2) is 9.36. The lowest BCUT2D eigenvalue weighted by Gasteiger charge is -2.00. The Morgan fingerprint density at radius 2 is 2.00 bits per heavy atom. The predicted molar refractivity (Wildman–Crippen MR) is 62.5 cm³/mol. The molecule has 0 N–H and O–H groups in total. The third-order valence-electron chi connectivity index (χ3n) is 1.64. The third kappa shape index (κ3) is 8.37. The molecule has 1 nitrogen and oxygen atoms in total. The van der Waals surface area contributed by atoms with Gasteiger partial charge >= 0.3 is 0 Å². The summed E-state index contributed by atoms with van der Waals surface area (Å²) < 4.78 is 6.34. The smallest absolute Gasteiger partial charge is 0.152 e. The average Bonchev–Trinajstić information content (AvgIpc) is 2.05. The second-order valence-corrected chi connectivity index (χ2v) is 3.85. The summed E-state index contributed by atoms with van der Waals surface area (Å²) in [6, 6.07) is 0. The molecule has 0 saturated carbocycles. The lowest BCUT2D eigenvalue weighted by molar-refractivity contribution is 0.262. The van der Waals surface area contributed by atoms with Gasteiger partial charge in [-0.2, -0.15) is 0 Å². The molecular formula is C10H19IO. The fourth-order valence-corrected chi connectivity index (χ4v) is 1.61. The van der Waals surface area contributed by atoms with Gasteiger partial charge in [-0.3, -0.25) is 0 Å². The van der Waals surface area contributed by atoms with Gasteiger partial charge in [0.05, 0.1) is 6.61 Å². The Hall–Kier alpha value is 0.270. The molecule has 0 bridgehead atoms. The summed E-state index contributed by atoms with van der Waals surface area (Å²) in [6.07, 6.45) is 8.67. The van der Waals surface area contributed by atoms with Crippen molar-refractivity contribution in [1.29, 1.82) is 0 Å². The van der Waals surface area contributed by atoms with Crippen molar-refractivity contribution in [2.75, 3.05) is 6.61 Å². The van der Waals surface area contributed by atoms with Crippen molar-refractivity contribution in [1.82, 2.24) is 0 Å².